The first-order chi connectivity index (χ1) is 15.1. The van der Waals surface area contributed by atoms with Crippen molar-refractivity contribution in [1.29, 1.82) is 0 Å². The number of cyclic esters (lactones) is 1. The molecule has 160 valence electrons. The van der Waals surface area contributed by atoms with Crippen LogP contribution in [0.15, 0.2) is 60.7 Å². The van der Waals surface area contributed by atoms with Gasteiger partial charge < -0.3 is 19.9 Å². The fourth-order valence-electron chi connectivity index (χ4n) is 3.83. The lowest BCUT2D eigenvalue weighted by Crippen LogP contribution is -2.04. The summed E-state index contributed by atoms with van der Waals surface area (Å²) in [5.74, 6) is 1.74. The molecule has 2 N–H and O–H groups in total. The number of esters is 1. The maximum absolute atomic E-state index is 12.4. The fraction of sp³-hybridized carbons (Fsp3) is 0.269. The predicted molar refractivity (Wildman–Crippen MR) is 120 cm³/mol. The summed E-state index contributed by atoms with van der Waals surface area (Å²) in [6.45, 7) is 2.72. The van der Waals surface area contributed by atoms with Crippen LogP contribution in [-0.2, 0) is 11.2 Å². The van der Waals surface area contributed by atoms with E-state index >= 15 is 0 Å². The van der Waals surface area contributed by atoms with Crippen molar-refractivity contribution in [2.75, 3.05) is 13.7 Å². The molecule has 5 heteroatoms. The average molecular weight is 418 g/mol. The van der Waals surface area contributed by atoms with E-state index in [2.05, 4.69) is 18.2 Å². The minimum Gasteiger partial charge on any atom is -0.497 e. The van der Waals surface area contributed by atoms with E-state index in [1.165, 1.54) is 5.56 Å². The molecule has 1 aliphatic heterocycles. The third kappa shape index (κ3) is 4.42. The summed E-state index contributed by atoms with van der Waals surface area (Å²) in [6.07, 6.45) is 2.47. The zero-order valence-electron chi connectivity index (χ0n) is 17.9. The van der Waals surface area contributed by atoms with Crippen molar-refractivity contribution in [3.05, 3.63) is 88.5 Å². The number of methoxy groups -OCH3 is 1. The molecule has 1 aliphatic rings. The van der Waals surface area contributed by atoms with Gasteiger partial charge in [-0.1, -0.05) is 30.3 Å². The smallest absolute Gasteiger partial charge is 0.339 e. The van der Waals surface area contributed by atoms with Crippen LogP contribution in [0.1, 0.15) is 51.6 Å². The van der Waals surface area contributed by atoms with E-state index in [0.29, 0.717) is 23.6 Å². The highest BCUT2D eigenvalue weighted by Crippen LogP contribution is 2.42. The lowest BCUT2D eigenvalue weighted by atomic mass is 9.98. The molecule has 4 rings (SSSR count). The summed E-state index contributed by atoms with van der Waals surface area (Å²) < 4.78 is 17.5. The molecule has 1 heterocycles. The molecule has 0 amide bonds. The molecular formula is C26H27NO4. The predicted octanol–water partition coefficient (Wildman–Crippen LogP) is 5.34. The maximum atomic E-state index is 12.4. The molecule has 0 fully saturated rings. The van der Waals surface area contributed by atoms with E-state index in [0.717, 1.165) is 41.7 Å². The van der Waals surface area contributed by atoms with Crippen molar-refractivity contribution in [3.63, 3.8) is 0 Å². The Labute approximate surface area is 182 Å². The van der Waals surface area contributed by atoms with Gasteiger partial charge in [-0.2, -0.15) is 0 Å². The number of rotatable bonds is 8. The molecule has 5 nitrogen and oxygen atoms in total. The Morgan fingerprint density at radius 1 is 0.968 bits per heavy atom. The number of hydrogen-bond acceptors (Lipinski definition) is 5. The Kier molecular flexibility index (Phi) is 6.23. The molecule has 0 aliphatic carbocycles. The number of benzene rings is 3. The fourth-order valence-corrected chi connectivity index (χ4v) is 3.83. The van der Waals surface area contributed by atoms with Gasteiger partial charge in [-0.15, -0.1) is 0 Å². The summed E-state index contributed by atoms with van der Waals surface area (Å²) in [6, 6.07) is 19.3. The molecule has 3 aromatic carbocycles. The largest absolute Gasteiger partial charge is 0.497 e. The molecule has 3 aromatic rings. The maximum Gasteiger partial charge on any atom is 0.339 e. The Morgan fingerprint density at radius 2 is 1.81 bits per heavy atom. The van der Waals surface area contributed by atoms with E-state index in [1.807, 2.05) is 43.3 Å². The van der Waals surface area contributed by atoms with Gasteiger partial charge in [-0.3, -0.25) is 0 Å². The highest BCUT2D eigenvalue weighted by Gasteiger charge is 2.34. The first kappa shape index (κ1) is 20.9. The molecule has 0 saturated carbocycles. The van der Waals surface area contributed by atoms with Crippen molar-refractivity contribution in [2.45, 2.75) is 32.3 Å². The van der Waals surface area contributed by atoms with E-state index in [9.17, 15) is 4.79 Å². The van der Waals surface area contributed by atoms with Gasteiger partial charge in [0.15, 0.2) is 6.10 Å². The van der Waals surface area contributed by atoms with Crippen molar-refractivity contribution in [3.8, 4) is 17.2 Å². The highest BCUT2D eigenvalue weighted by atomic mass is 16.6. The lowest BCUT2D eigenvalue weighted by molar-refractivity contribution is 0.0453. The summed E-state index contributed by atoms with van der Waals surface area (Å²) in [7, 11) is 1.62. The van der Waals surface area contributed by atoms with Gasteiger partial charge in [0.2, 0.25) is 0 Å². The Hall–Kier alpha value is -3.31. The molecule has 0 aromatic heterocycles. The van der Waals surface area contributed by atoms with Crippen LogP contribution in [0, 0.1) is 6.92 Å². The number of carbonyl (C=O) groups is 1. The summed E-state index contributed by atoms with van der Waals surface area (Å²) >= 11 is 0. The van der Waals surface area contributed by atoms with Gasteiger partial charge >= 0.3 is 5.97 Å². The van der Waals surface area contributed by atoms with Gasteiger partial charge in [0.1, 0.15) is 17.2 Å². The van der Waals surface area contributed by atoms with E-state index in [1.54, 1.807) is 13.2 Å². The topological polar surface area (TPSA) is 70.8 Å². The second-order valence-electron chi connectivity index (χ2n) is 7.72. The lowest BCUT2D eigenvalue weighted by Gasteiger charge is -2.19. The van der Waals surface area contributed by atoms with E-state index in [4.69, 9.17) is 19.9 Å². The number of carbonyl (C=O) groups excluding carboxylic acids is 1. The van der Waals surface area contributed by atoms with Crippen molar-refractivity contribution in [2.24, 2.45) is 5.73 Å². The van der Waals surface area contributed by atoms with E-state index < -0.39 is 6.10 Å². The Morgan fingerprint density at radius 3 is 2.61 bits per heavy atom. The van der Waals surface area contributed by atoms with E-state index in [-0.39, 0.29) is 5.97 Å². The van der Waals surface area contributed by atoms with Crippen LogP contribution in [0.5, 0.6) is 17.2 Å². The summed E-state index contributed by atoms with van der Waals surface area (Å²) in [5.41, 5.74) is 10.1. The molecule has 0 radical (unpaired) electrons. The summed E-state index contributed by atoms with van der Waals surface area (Å²) in [5, 5.41) is 0. The molecule has 1 atom stereocenters. The van der Waals surface area contributed by atoms with Crippen LogP contribution in [0.2, 0.25) is 0 Å². The van der Waals surface area contributed by atoms with Crippen molar-refractivity contribution < 1.29 is 19.0 Å². The van der Waals surface area contributed by atoms with Crippen LogP contribution in [0.4, 0.5) is 0 Å². The van der Waals surface area contributed by atoms with Crippen LogP contribution >= 0.6 is 0 Å². The molecule has 0 spiro atoms. The van der Waals surface area contributed by atoms with Gasteiger partial charge in [0.05, 0.1) is 12.7 Å². The van der Waals surface area contributed by atoms with Crippen LogP contribution in [0.25, 0.3) is 0 Å². The molecule has 0 bridgehead atoms. The van der Waals surface area contributed by atoms with Gasteiger partial charge in [-0.25, -0.2) is 4.79 Å². The SMILES string of the molecule is COc1ccc(C2OC(=O)c3ccccc32)c(Oc2cc(CCCCN)ccc2C)c1. The van der Waals surface area contributed by atoms with Crippen LogP contribution in [-0.4, -0.2) is 19.6 Å². The molecule has 31 heavy (non-hydrogen) atoms. The minimum atomic E-state index is -0.516. The third-order valence-electron chi connectivity index (χ3n) is 5.58. The first-order valence-electron chi connectivity index (χ1n) is 10.6. The van der Waals surface area contributed by atoms with Gasteiger partial charge in [0.25, 0.3) is 0 Å². The van der Waals surface area contributed by atoms with Crippen molar-refractivity contribution >= 4 is 5.97 Å². The number of unbranched alkanes of at least 4 members (excludes halogenated alkanes) is 1. The zero-order valence-corrected chi connectivity index (χ0v) is 17.9. The highest BCUT2D eigenvalue weighted by molar-refractivity contribution is 5.94. The second-order valence-corrected chi connectivity index (χ2v) is 7.72. The molecule has 1 unspecified atom stereocenters. The number of fused-ring (bicyclic) bond motifs is 1. The van der Waals surface area contributed by atoms with Gasteiger partial charge in [-0.05, 0) is 68.1 Å². The van der Waals surface area contributed by atoms with Crippen molar-refractivity contribution in [1.82, 2.24) is 0 Å². The standard InChI is InChI=1S/C26H27NO4/c1-17-10-11-18(7-5-6-14-27)15-23(17)30-24-16-19(29-2)12-13-22(24)25-20-8-3-4-9-21(20)26(28)31-25/h3-4,8-13,15-16,25H,5-7,14,27H2,1-2H3. The minimum absolute atomic E-state index is 0.319. The van der Waals surface area contributed by atoms with Crippen LogP contribution in [0.3, 0.4) is 0 Å². The molecular weight excluding hydrogens is 390 g/mol. The molecule has 0 saturated heterocycles. The monoisotopic (exact) mass is 417 g/mol. The first-order valence-corrected chi connectivity index (χ1v) is 10.6. The number of ether oxygens (including phenoxy) is 3. The quantitative estimate of drug-likeness (QED) is 0.396. The Bertz CT molecular complexity index is 1090. The zero-order chi connectivity index (χ0) is 21.8. The number of nitrogens with two attached hydrogens (primary N) is 1. The number of hydrogen-bond donors (Lipinski definition) is 1. The van der Waals surface area contributed by atoms with Gasteiger partial charge in [0, 0.05) is 17.2 Å². The Balaban J connectivity index is 1.70. The summed E-state index contributed by atoms with van der Waals surface area (Å²) in [4.78, 5) is 12.4. The third-order valence-corrected chi connectivity index (χ3v) is 5.58. The normalized spacial score (nSPS) is 14.8. The number of aryl methyl sites for hydroxylation is 2. The second kappa shape index (κ2) is 9.23. The average Bonchev–Trinajstić information content (AvgIpc) is 3.12. The van der Waals surface area contributed by atoms with Crippen LogP contribution < -0.4 is 15.2 Å².